The van der Waals surface area contributed by atoms with Crippen molar-refractivity contribution in [2.75, 3.05) is 12.8 Å². The summed E-state index contributed by atoms with van der Waals surface area (Å²) >= 11 is 5.82. The lowest BCUT2D eigenvalue weighted by molar-refractivity contribution is 0.0785. The molecule has 1 amide bonds. The van der Waals surface area contributed by atoms with Gasteiger partial charge in [-0.15, -0.1) is 0 Å². The fourth-order valence-corrected chi connectivity index (χ4v) is 2.05. The van der Waals surface area contributed by atoms with Gasteiger partial charge in [0, 0.05) is 19.3 Å². The lowest BCUT2D eigenvalue weighted by Crippen LogP contribution is -2.26. The van der Waals surface area contributed by atoms with E-state index < -0.39 is 5.82 Å². The smallest absolute Gasteiger partial charge is 0.255 e. The highest BCUT2D eigenvalue weighted by Gasteiger charge is 2.17. The molecule has 0 aliphatic heterocycles. The number of halogens is 2. The average Bonchev–Trinajstić information content (AvgIpc) is 2.43. The van der Waals surface area contributed by atoms with Crippen LogP contribution in [0, 0.1) is 5.82 Å². The maximum atomic E-state index is 13.4. The van der Waals surface area contributed by atoms with Crippen LogP contribution in [0.5, 0.6) is 0 Å². The number of nitrogen functional groups attached to an aromatic ring is 1. The second-order valence-electron chi connectivity index (χ2n) is 4.50. The van der Waals surface area contributed by atoms with E-state index in [1.54, 1.807) is 19.2 Å². The molecule has 104 valence electrons. The minimum Gasteiger partial charge on any atom is -0.399 e. The molecule has 2 aromatic carbocycles. The van der Waals surface area contributed by atoms with Gasteiger partial charge < -0.3 is 10.6 Å². The Balaban J connectivity index is 2.16. The molecule has 0 saturated carbocycles. The van der Waals surface area contributed by atoms with Gasteiger partial charge in [-0.25, -0.2) is 4.39 Å². The summed E-state index contributed by atoms with van der Waals surface area (Å²) in [5.41, 5.74) is 7.36. The van der Waals surface area contributed by atoms with Crippen LogP contribution in [0.2, 0.25) is 5.02 Å². The largest absolute Gasteiger partial charge is 0.399 e. The zero-order valence-corrected chi connectivity index (χ0v) is 11.7. The van der Waals surface area contributed by atoms with Crippen LogP contribution in [0.4, 0.5) is 10.1 Å². The van der Waals surface area contributed by atoms with Crippen molar-refractivity contribution < 1.29 is 9.18 Å². The first-order valence-corrected chi connectivity index (χ1v) is 6.40. The molecule has 0 fully saturated rings. The van der Waals surface area contributed by atoms with Gasteiger partial charge in [0.1, 0.15) is 5.82 Å². The van der Waals surface area contributed by atoms with Crippen molar-refractivity contribution in [2.24, 2.45) is 0 Å². The monoisotopic (exact) mass is 292 g/mol. The van der Waals surface area contributed by atoms with E-state index in [4.69, 9.17) is 17.3 Å². The number of carbonyl (C=O) groups excluding carboxylic acids is 1. The zero-order chi connectivity index (χ0) is 14.7. The number of rotatable bonds is 3. The summed E-state index contributed by atoms with van der Waals surface area (Å²) in [5.74, 6) is -0.926. The number of nitrogens with two attached hydrogens (primary N) is 1. The SMILES string of the molecule is CN(Cc1ccc(N)cc1)C(=O)c1cccc(F)c1Cl. The van der Waals surface area contributed by atoms with Crippen molar-refractivity contribution in [3.05, 3.63) is 64.4 Å². The molecule has 0 atom stereocenters. The molecule has 2 rings (SSSR count). The van der Waals surface area contributed by atoms with Gasteiger partial charge in [0.25, 0.3) is 5.91 Å². The highest BCUT2D eigenvalue weighted by atomic mass is 35.5. The molecule has 0 aromatic heterocycles. The minimum atomic E-state index is -0.599. The fraction of sp³-hybridized carbons (Fsp3) is 0.133. The second kappa shape index (κ2) is 5.92. The van der Waals surface area contributed by atoms with E-state index in [0.717, 1.165) is 5.56 Å². The Labute approximate surface area is 121 Å². The lowest BCUT2D eigenvalue weighted by Gasteiger charge is -2.18. The van der Waals surface area contributed by atoms with Gasteiger partial charge in [0.15, 0.2) is 0 Å². The van der Waals surface area contributed by atoms with Gasteiger partial charge in [-0.05, 0) is 29.8 Å². The van der Waals surface area contributed by atoms with Crippen LogP contribution in [-0.4, -0.2) is 17.9 Å². The lowest BCUT2D eigenvalue weighted by atomic mass is 10.1. The molecule has 20 heavy (non-hydrogen) atoms. The Morgan fingerprint density at radius 1 is 1.25 bits per heavy atom. The standard InChI is InChI=1S/C15H14ClFN2O/c1-19(9-10-5-7-11(18)8-6-10)15(20)12-3-2-4-13(17)14(12)16/h2-8H,9,18H2,1H3. The summed E-state index contributed by atoms with van der Waals surface area (Å²) in [6.07, 6.45) is 0. The molecule has 0 bridgehead atoms. The Hall–Kier alpha value is -2.07. The number of hydrogen-bond donors (Lipinski definition) is 1. The zero-order valence-electron chi connectivity index (χ0n) is 10.9. The highest BCUT2D eigenvalue weighted by molar-refractivity contribution is 6.33. The maximum absolute atomic E-state index is 13.4. The molecule has 0 heterocycles. The van der Waals surface area contributed by atoms with Gasteiger partial charge >= 0.3 is 0 Å². The molecule has 2 aromatic rings. The van der Waals surface area contributed by atoms with Crippen molar-refractivity contribution >= 4 is 23.2 Å². The molecule has 0 saturated heterocycles. The highest BCUT2D eigenvalue weighted by Crippen LogP contribution is 2.21. The summed E-state index contributed by atoms with van der Waals surface area (Å²) in [5, 5.41) is -0.151. The number of benzene rings is 2. The minimum absolute atomic E-state index is 0.151. The third kappa shape index (κ3) is 3.08. The topological polar surface area (TPSA) is 46.3 Å². The first-order chi connectivity index (χ1) is 9.49. The van der Waals surface area contributed by atoms with Crippen LogP contribution in [0.15, 0.2) is 42.5 Å². The quantitative estimate of drug-likeness (QED) is 0.882. The van der Waals surface area contributed by atoms with E-state index in [0.29, 0.717) is 12.2 Å². The van der Waals surface area contributed by atoms with Crippen molar-refractivity contribution in [3.63, 3.8) is 0 Å². The number of hydrogen-bond acceptors (Lipinski definition) is 2. The van der Waals surface area contributed by atoms with Crippen molar-refractivity contribution in [2.45, 2.75) is 6.54 Å². The number of amides is 1. The van der Waals surface area contributed by atoms with E-state index in [9.17, 15) is 9.18 Å². The Bertz CT molecular complexity index is 628. The van der Waals surface area contributed by atoms with Crippen LogP contribution in [0.25, 0.3) is 0 Å². The van der Waals surface area contributed by atoms with Gasteiger partial charge in [-0.2, -0.15) is 0 Å². The molecule has 0 aliphatic rings. The van der Waals surface area contributed by atoms with E-state index >= 15 is 0 Å². The van der Waals surface area contributed by atoms with Crippen molar-refractivity contribution in [1.82, 2.24) is 4.90 Å². The first kappa shape index (κ1) is 14.3. The van der Waals surface area contributed by atoms with Crippen LogP contribution in [0.1, 0.15) is 15.9 Å². The number of carbonyl (C=O) groups is 1. The molecular weight excluding hydrogens is 279 g/mol. The summed E-state index contributed by atoms with van der Waals surface area (Å²) in [6, 6.07) is 11.4. The Morgan fingerprint density at radius 2 is 1.90 bits per heavy atom. The summed E-state index contributed by atoms with van der Waals surface area (Å²) < 4.78 is 13.4. The molecule has 0 spiro atoms. The molecule has 0 aliphatic carbocycles. The third-order valence-electron chi connectivity index (χ3n) is 2.93. The first-order valence-electron chi connectivity index (χ1n) is 6.03. The molecule has 0 unspecified atom stereocenters. The van der Waals surface area contributed by atoms with E-state index in [2.05, 4.69) is 0 Å². The van der Waals surface area contributed by atoms with Crippen LogP contribution >= 0.6 is 11.6 Å². The van der Waals surface area contributed by atoms with Gasteiger partial charge in [-0.3, -0.25) is 4.79 Å². The molecule has 5 heteroatoms. The molecule has 2 N–H and O–H groups in total. The van der Waals surface area contributed by atoms with Crippen LogP contribution in [0.3, 0.4) is 0 Å². The van der Waals surface area contributed by atoms with E-state index in [-0.39, 0.29) is 16.5 Å². The molecule has 0 radical (unpaired) electrons. The summed E-state index contributed by atoms with van der Waals surface area (Å²) in [7, 11) is 1.64. The molecular formula is C15H14ClFN2O. The summed E-state index contributed by atoms with van der Waals surface area (Å²) in [4.78, 5) is 13.7. The Kier molecular flexibility index (Phi) is 4.25. The third-order valence-corrected chi connectivity index (χ3v) is 3.31. The summed E-state index contributed by atoms with van der Waals surface area (Å²) in [6.45, 7) is 0.395. The normalized spacial score (nSPS) is 10.3. The van der Waals surface area contributed by atoms with Gasteiger partial charge in [0.05, 0.1) is 10.6 Å². The average molecular weight is 293 g/mol. The number of anilines is 1. The van der Waals surface area contributed by atoms with Crippen molar-refractivity contribution in [3.8, 4) is 0 Å². The Morgan fingerprint density at radius 3 is 2.55 bits per heavy atom. The fourth-order valence-electron chi connectivity index (χ4n) is 1.84. The van der Waals surface area contributed by atoms with Gasteiger partial charge in [-0.1, -0.05) is 29.8 Å². The molecule has 3 nitrogen and oxygen atoms in total. The van der Waals surface area contributed by atoms with Gasteiger partial charge in [0.2, 0.25) is 0 Å². The predicted octanol–water partition coefficient (Wildman–Crippen LogP) is 3.33. The van der Waals surface area contributed by atoms with E-state index in [1.807, 2.05) is 12.1 Å². The maximum Gasteiger partial charge on any atom is 0.255 e. The second-order valence-corrected chi connectivity index (χ2v) is 4.88. The predicted molar refractivity (Wildman–Crippen MR) is 78.1 cm³/mol. The van der Waals surface area contributed by atoms with Crippen LogP contribution < -0.4 is 5.73 Å². The van der Waals surface area contributed by atoms with Crippen molar-refractivity contribution in [1.29, 1.82) is 0 Å². The van der Waals surface area contributed by atoms with Crippen LogP contribution in [-0.2, 0) is 6.54 Å². The van der Waals surface area contributed by atoms with E-state index in [1.165, 1.54) is 23.1 Å². The number of nitrogens with zero attached hydrogens (tertiary/aromatic N) is 1.